The number of urea groups is 1. The summed E-state index contributed by atoms with van der Waals surface area (Å²) in [5.41, 5.74) is 8.11. The highest BCUT2D eigenvalue weighted by Crippen LogP contribution is 2.31. The molecule has 5 rings (SSSR count). The molecule has 1 aliphatic rings. The smallest absolute Gasteiger partial charge is 0.319 e. The molecule has 2 N–H and O–H groups in total. The molecule has 0 unspecified atom stereocenters. The van der Waals surface area contributed by atoms with Gasteiger partial charge >= 0.3 is 6.03 Å². The molecule has 10 nitrogen and oxygen atoms in total. The second-order valence-corrected chi connectivity index (χ2v) is 8.55. The van der Waals surface area contributed by atoms with Crippen molar-refractivity contribution in [3.63, 3.8) is 0 Å². The Morgan fingerprint density at radius 1 is 0.914 bits per heavy atom. The zero-order valence-electron chi connectivity index (χ0n) is 19.6. The zero-order valence-corrected chi connectivity index (χ0v) is 19.6. The quantitative estimate of drug-likeness (QED) is 0.490. The summed E-state index contributed by atoms with van der Waals surface area (Å²) in [6.45, 7) is 2.69. The van der Waals surface area contributed by atoms with E-state index in [1.165, 1.54) is 0 Å². The maximum absolute atomic E-state index is 13.5. The lowest BCUT2D eigenvalue weighted by molar-refractivity contribution is 0.0949. The van der Waals surface area contributed by atoms with Crippen LogP contribution in [0.5, 0.6) is 0 Å². The molecule has 1 fully saturated rings. The molecule has 2 aromatic carbocycles. The van der Waals surface area contributed by atoms with E-state index >= 15 is 0 Å². The maximum Gasteiger partial charge on any atom is 0.319 e. The highest BCUT2D eigenvalue weighted by atomic mass is 16.2. The third-order valence-electron chi connectivity index (χ3n) is 6.12. The Hall–Kier alpha value is -4.47. The lowest BCUT2D eigenvalue weighted by Crippen LogP contribution is -2.51. The first-order valence-corrected chi connectivity index (χ1v) is 11.4. The molecule has 3 heterocycles. The van der Waals surface area contributed by atoms with E-state index in [-0.39, 0.29) is 17.9 Å². The first-order chi connectivity index (χ1) is 16.9. The number of nitrogens with zero attached hydrogens (tertiary/aromatic N) is 7. The fraction of sp³-hybridized carbons (Fsp3) is 0.240. The number of carbonyl (C=O) groups excluding carboxylic acids is 2. The molecular formula is C25H26N8O2. The predicted octanol–water partition coefficient (Wildman–Crippen LogP) is 2.57. The van der Waals surface area contributed by atoms with Gasteiger partial charge in [0.25, 0.3) is 5.91 Å². The number of fused-ring (bicyclic) bond motifs is 1. The van der Waals surface area contributed by atoms with E-state index in [0.29, 0.717) is 43.3 Å². The van der Waals surface area contributed by atoms with Crippen molar-refractivity contribution in [2.75, 3.05) is 50.9 Å². The number of hydrogen-bond acceptors (Lipinski definition) is 7. The van der Waals surface area contributed by atoms with Crippen LogP contribution < -0.4 is 10.6 Å². The van der Waals surface area contributed by atoms with E-state index in [0.717, 1.165) is 21.1 Å². The Morgan fingerprint density at radius 2 is 1.63 bits per heavy atom. The lowest BCUT2D eigenvalue weighted by Gasteiger charge is -2.37. The van der Waals surface area contributed by atoms with E-state index in [1.54, 1.807) is 43.4 Å². The highest BCUT2D eigenvalue weighted by Gasteiger charge is 2.25. The Bertz CT molecular complexity index is 1390. The van der Waals surface area contributed by atoms with Gasteiger partial charge in [0.15, 0.2) is 0 Å². The molecule has 2 amide bonds. The lowest BCUT2D eigenvalue weighted by atomic mass is 10.0. The zero-order chi connectivity index (χ0) is 24.5. The summed E-state index contributed by atoms with van der Waals surface area (Å²) in [4.78, 5) is 40.0. The van der Waals surface area contributed by atoms with E-state index in [1.807, 2.05) is 41.3 Å². The van der Waals surface area contributed by atoms with Crippen molar-refractivity contribution in [1.29, 1.82) is 0 Å². The molecule has 178 valence electrons. The number of amides is 2. The van der Waals surface area contributed by atoms with Crippen molar-refractivity contribution in [2.24, 2.45) is 0 Å². The number of anilines is 2. The van der Waals surface area contributed by atoms with Crippen LogP contribution in [-0.4, -0.2) is 81.8 Å². The fourth-order valence-corrected chi connectivity index (χ4v) is 4.36. The molecule has 1 saturated heterocycles. The van der Waals surface area contributed by atoms with Crippen LogP contribution in [0.15, 0.2) is 60.8 Å². The van der Waals surface area contributed by atoms with Crippen molar-refractivity contribution >= 4 is 34.3 Å². The molecule has 0 saturated carbocycles. The summed E-state index contributed by atoms with van der Waals surface area (Å²) < 4.78 is 1.12. The van der Waals surface area contributed by atoms with Gasteiger partial charge in [-0.25, -0.2) is 4.79 Å². The number of nitrogens with two attached hydrogens (primary N) is 1. The summed E-state index contributed by atoms with van der Waals surface area (Å²) in [7, 11) is 3.53. The summed E-state index contributed by atoms with van der Waals surface area (Å²) >= 11 is 0. The molecule has 0 spiro atoms. The number of rotatable bonds is 3. The molecule has 0 atom stereocenters. The third-order valence-corrected chi connectivity index (χ3v) is 6.12. The molecule has 0 radical (unpaired) electrons. The normalized spacial score (nSPS) is 13.8. The fourth-order valence-electron chi connectivity index (χ4n) is 4.36. The van der Waals surface area contributed by atoms with Crippen molar-refractivity contribution in [1.82, 2.24) is 29.5 Å². The van der Waals surface area contributed by atoms with Crippen molar-refractivity contribution in [3.8, 4) is 11.5 Å². The van der Waals surface area contributed by atoms with Crippen LogP contribution in [0, 0.1) is 0 Å². The van der Waals surface area contributed by atoms with Crippen molar-refractivity contribution in [3.05, 3.63) is 66.4 Å². The maximum atomic E-state index is 13.5. The third kappa shape index (κ3) is 4.14. The second-order valence-electron chi connectivity index (χ2n) is 8.55. The molecule has 2 aromatic heterocycles. The van der Waals surface area contributed by atoms with E-state index in [4.69, 9.17) is 5.73 Å². The van der Waals surface area contributed by atoms with Gasteiger partial charge in [-0.1, -0.05) is 30.3 Å². The average molecular weight is 471 g/mol. The minimum atomic E-state index is -0.360. The largest absolute Gasteiger partial charge is 0.368 e. The topological polar surface area (TPSA) is 113 Å². The monoisotopic (exact) mass is 470 g/mol. The van der Waals surface area contributed by atoms with Crippen LogP contribution in [0.1, 0.15) is 10.4 Å². The minimum Gasteiger partial charge on any atom is -0.368 e. The Kier molecular flexibility index (Phi) is 5.77. The number of hydrogen-bond donors (Lipinski definition) is 1. The number of carbonyl (C=O) groups is 2. The van der Waals surface area contributed by atoms with Crippen LogP contribution in [0.4, 0.5) is 16.4 Å². The molecule has 35 heavy (non-hydrogen) atoms. The molecule has 10 heteroatoms. The Balaban J connectivity index is 1.46. The number of piperazine rings is 1. The summed E-state index contributed by atoms with van der Waals surface area (Å²) in [6, 6.07) is 16.9. The van der Waals surface area contributed by atoms with Crippen molar-refractivity contribution < 1.29 is 9.59 Å². The number of pyridine rings is 1. The van der Waals surface area contributed by atoms with E-state index in [9.17, 15) is 9.59 Å². The van der Waals surface area contributed by atoms with Gasteiger partial charge in [-0.3, -0.25) is 9.78 Å². The average Bonchev–Trinajstić information content (AvgIpc) is 3.29. The van der Waals surface area contributed by atoms with Gasteiger partial charge in [-0.05, 0) is 29.7 Å². The van der Waals surface area contributed by atoms with Gasteiger partial charge in [0.05, 0.1) is 0 Å². The first kappa shape index (κ1) is 22.3. The SMILES string of the molecule is CN(C)C(=O)N1CCN(c2ccc(C(=O)n3nc(-c4ccccn4)nc3N)c3ccccc23)CC1. The number of aromatic nitrogens is 4. The van der Waals surface area contributed by atoms with E-state index < -0.39 is 0 Å². The molecule has 0 aliphatic carbocycles. The molecule has 0 bridgehead atoms. The van der Waals surface area contributed by atoms with Gasteiger partial charge in [0, 0.05) is 63.1 Å². The van der Waals surface area contributed by atoms with Gasteiger partial charge in [0.1, 0.15) is 5.69 Å². The van der Waals surface area contributed by atoms with Gasteiger partial charge < -0.3 is 20.4 Å². The van der Waals surface area contributed by atoms with Crippen LogP contribution in [0.3, 0.4) is 0 Å². The Labute approximate surface area is 202 Å². The molecular weight excluding hydrogens is 444 g/mol. The van der Waals surface area contributed by atoms with Crippen LogP contribution in [0.2, 0.25) is 0 Å². The predicted molar refractivity (Wildman–Crippen MR) is 134 cm³/mol. The summed E-state index contributed by atoms with van der Waals surface area (Å²) in [5, 5.41) is 6.09. The molecule has 1 aliphatic heterocycles. The highest BCUT2D eigenvalue weighted by molar-refractivity contribution is 6.11. The van der Waals surface area contributed by atoms with E-state index in [2.05, 4.69) is 20.0 Å². The van der Waals surface area contributed by atoms with Gasteiger partial charge in [-0.15, -0.1) is 5.10 Å². The minimum absolute atomic E-state index is 0.00509. The van der Waals surface area contributed by atoms with Gasteiger partial charge in [0.2, 0.25) is 11.8 Å². The van der Waals surface area contributed by atoms with Crippen molar-refractivity contribution in [2.45, 2.75) is 0 Å². The standard InChI is InChI=1S/C25H26N8O2/c1-30(2)25(35)32-15-13-31(14-16-32)21-11-10-19(17-7-3-4-8-18(17)21)23(34)33-24(26)28-22(29-33)20-9-5-6-12-27-20/h3-12H,13-16H2,1-2H3,(H2,26,28,29). The number of nitrogen functional groups attached to an aromatic ring is 1. The second kappa shape index (κ2) is 9.05. The van der Waals surface area contributed by atoms with Gasteiger partial charge in [-0.2, -0.15) is 9.67 Å². The van der Waals surface area contributed by atoms with Crippen LogP contribution in [0.25, 0.3) is 22.3 Å². The van der Waals surface area contributed by atoms with Crippen LogP contribution >= 0.6 is 0 Å². The summed E-state index contributed by atoms with van der Waals surface area (Å²) in [5.74, 6) is -0.0608. The summed E-state index contributed by atoms with van der Waals surface area (Å²) in [6.07, 6.45) is 1.64. The van der Waals surface area contributed by atoms with Crippen LogP contribution in [-0.2, 0) is 0 Å². The Morgan fingerprint density at radius 3 is 2.31 bits per heavy atom. The first-order valence-electron chi connectivity index (χ1n) is 11.4. The molecule has 4 aromatic rings. The number of benzene rings is 2.